The Morgan fingerprint density at radius 1 is 0.588 bits per heavy atom. The molecule has 34 heavy (non-hydrogen) atoms. The number of anilines is 2. The average molecular weight is 515 g/mol. The number of nitrogens with one attached hydrogen (secondary N) is 2. The van der Waals surface area contributed by atoms with Crippen LogP contribution in [0.25, 0.3) is 0 Å². The first-order valence-corrected chi connectivity index (χ1v) is 12.4. The number of nitrogens with two attached hydrogens (primary N) is 2. The van der Waals surface area contributed by atoms with Gasteiger partial charge in [0.2, 0.25) is 0 Å². The summed E-state index contributed by atoms with van der Waals surface area (Å²) in [6.07, 6.45) is 0. The molecule has 0 aromatic carbocycles. The van der Waals surface area contributed by atoms with E-state index in [0.29, 0.717) is 0 Å². The molecule has 14 heteroatoms. The highest BCUT2D eigenvalue weighted by Gasteiger charge is 2.32. The Labute approximate surface area is 203 Å². The van der Waals surface area contributed by atoms with E-state index in [4.69, 9.17) is 30.4 Å². The number of ether oxygens (including phenoxy) is 4. The molecular weight excluding hydrogens is 488 g/mol. The highest BCUT2D eigenvalue weighted by atomic mass is 33.1. The maximum Gasteiger partial charge on any atom is 0.342 e. The van der Waals surface area contributed by atoms with E-state index in [1.165, 1.54) is 0 Å². The molecule has 2 aromatic rings. The van der Waals surface area contributed by atoms with E-state index in [1.807, 2.05) is 0 Å². The Balaban J connectivity index is 2.50. The number of carbonyl (C=O) groups is 4. The Morgan fingerprint density at radius 3 is 1.12 bits per heavy atom. The number of hydrogen-bond donors (Lipinski definition) is 4. The predicted octanol–water partition coefficient (Wildman–Crippen LogP) is 3.01. The quantitative estimate of drug-likeness (QED) is 0.195. The van der Waals surface area contributed by atoms with E-state index < -0.39 is 23.9 Å². The highest BCUT2D eigenvalue weighted by molar-refractivity contribution is 8.76. The summed E-state index contributed by atoms with van der Waals surface area (Å²) in [7, 11) is 1.89. The van der Waals surface area contributed by atoms with Crippen molar-refractivity contribution in [3.8, 4) is 0 Å². The van der Waals surface area contributed by atoms with Gasteiger partial charge in [0, 0.05) is 0 Å². The van der Waals surface area contributed by atoms with Crippen molar-refractivity contribution in [3.63, 3.8) is 0 Å². The molecule has 0 aliphatic rings. The summed E-state index contributed by atoms with van der Waals surface area (Å²) in [5.74, 6) is -3.34. The fraction of sp³-hybridized carbons (Fsp3) is 0.400. The van der Waals surface area contributed by atoms with Gasteiger partial charge in [-0.1, -0.05) is 0 Å². The minimum atomic E-state index is -0.794. The highest BCUT2D eigenvalue weighted by Crippen LogP contribution is 2.43. The molecule has 2 aromatic heterocycles. The average Bonchev–Trinajstić information content (AvgIpc) is 3.29. The molecule has 2 rings (SSSR count). The lowest BCUT2D eigenvalue weighted by molar-refractivity contribution is 0.0478. The molecule has 0 amide bonds. The minimum absolute atomic E-state index is 0.0620. The lowest BCUT2D eigenvalue weighted by atomic mass is 10.2. The molecular formula is C20H26N4O8S2. The molecule has 0 unspecified atom stereocenters. The van der Waals surface area contributed by atoms with Crippen LogP contribution < -0.4 is 11.5 Å². The monoisotopic (exact) mass is 514 g/mol. The molecule has 0 spiro atoms. The Morgan fingerprint density at radius 2 is 0.853 bits per heavy atom. The molecule has 12 nitrogen and oxygen atoms in total. The second kappa shape index (κ2) is 12.3. The van der Waals surface area contributed by atoms with Gasteiger partial charge >= 0.3 is 23.9 Å². The summed E-state index contributed by atoms with van der Waals surface area (Å²) in [5.41, 5.74) is 11.3. The summed E-state index contributed by atoms with van der Waals surface area (Å²) in [6, 6.07) is 0. The number of aromatic nitrogens is 2. The van der Waals surface area contributed by atoms with Crippen molar-refractivity contribution in [2.45, 2.75) is 37.7 Å². The van der Waals surface area contributed by atoms with E-state index in [0.717, 1.165) is 21.6 Å². The van der Waals surface area contributed by atoms with E-state index >= 15 is 0 Å². The van der Waals surface area contributed by atoms with Crippen LogP contribution in [0.2, 0.25) is 0 Å². The molecule has 0 atom stereocenters. The van der Waals surface area contributed by atoms with Crippen molar-refractivity contribution in [1.29, 1.82) is 0 Å². The van der Waals surface area contributed by atoms with Crippen molar-refractivity contribution in [3.05, 3.63) is 22.3 Å². The third-order valence-electron chi connectivity index (χ3n) is 4.12. The molecule has 0 aliphatic carbocycles. The van der Waals surface area contributed by atoms with E-state index in [9.17, 15) is 19.2 Å². The SMILES string of the molecule is CCOC(=O)c1c(N)[nH]c(SSc2[nH]c(N)c(C(=O)OCC)c2C(=O)OCC)c1C(=O)OCC. The Hall–Kier alpha value is -3.26. The van der Waals surface area contributed by atoms with Gasteiger partial charge in [-0.3, -0.25) is 0 Å². The van der Waals surface area contributed by atoms with E-state index in [-0.39, 0.29) is 70.4 Å². The second-order valence-corrected chi connectivity index (χ2v) is 8.43. The molecule has 0 fully saturated rings. The van der Waals surface area contributed by atoms with Crippen LogP contribution in [0.3, 0.4) is 0 Å². The molecule has 2 heterocycles. The van der Waals surface area contributed by atoms with Gasteiger partial charge in [0.15, 0.2) is 0 Å². The summed E-state index contributed by atoms with van der Waals surface area (Å²) in [6.45, 7) is 6.73. The van der Waals surface area contributed by atoms with Gasteiger partial charge in [0.05, 0.1) is 26.4 Å². The molecule has 186 valence electrons. The van der Waals surface area contributed by atoms with Crippen molar-refractivity contribution in [2.75, 3.05) is 37.9 Å². The van der Waals surface area contributed by atoms with Gasteiger partial charge in [-0.05, 0) is 49.3 Å². The number of aromatic amines is 2. The number of hydrogen-bond acceptors (Lipinski definition) is 12. The zero-order valence-electron chi connectivity index (χ0n) is 19.1. The Bertz CT molecular complexity index is 995. The standard InChI is InChI=1S/C20H26N4O8S2/c1-5-29-17(25)9-11(19(27)31-7-3)15(23-13(9)21)33-34-16-12(20(28)32-8-4)10(14(22)24-16)18(26)30-6-2/h23-24H,5-8,21-22H2,1-4H3. The maximum absolute atomic E-state index is 12.6. The summed E-state index contributed by atoms with van der Waals surface area (Å²) < 4.78 is 20.1. The maximum atomic E-state index is 12.6. The van der Waals surface area contributed by atoms with Crippen LogP contribution in [-0.2, 0) is 18.9 Å². The molecule has 0 saturated carbocycles. The molecule has 0 saturated heterocycles. The summed E-state index contributed by atoms with van der Waals surface area (Å²) in [4.78, 5) is 55.6. The van der Waals surface area contributed by atoms with Crippen LogP contribution in [0.5, 0.6) is 0 Å². The van der Waals surface area contributed by atoms with Gasteiger partial charge < -0.3 is 40.4 Å². The molecule has 0 bridgehead atoms. The van der Waals surface area contributed by atoms with Gasteiger partial charge in [-0.2, -0.15) is 0 Å². The molecule has 6 N–H and O–H groups in total. The normalized spacial score (nSPS) is 10.6. The van der Waals surface area contributed by atoms with Crippen LogP contribution >= 0.6 is 21.6 Å². The summed E-state index contributed by atoms with van der Waals surface area (Å²) >= 11 is 0. The second-order valence-electron chi connectivity index (χ2n) is 6.28. The largest absolute Gasteiger partial charge is 0.462 e. The molecule has 0 radical (unpaired) electrons. The first-order chi connectivity index (χ1) is 16.2. The van der Waals surface area contributed by atoms with Crippen molar-refractivity contribution in [1.82, 2.24) is 9.97 Å². The third-order valence-corrected chi connectivity index (χ3v) is 6.39. The van der Waals surface area contributed by atoms with Crippen LogP contribution in [0.4, 0.5) is 11.6 Å². The fourth-order valence-corrected chi connectivity index (χ4v) is 5.08. The van der Waals surface area contributed by atoms with Crippen molar-refractivity contribution in [2.24, 2.45) is 0 Å². The van der Waals surface area contributed by atoms with Gasteiger partial charge in [-0.25, -0.2) is 19.2 Å². The topological polar surface area (TPSA) is 189 Å². The lowest BCUT2D eigenvalue weighted by Crippen LogP contribution is -2.14. The molecule has 0 aliphatic heterocycles. The zero-order valence-corrected chi connectivity index (χ0v) is 20.7. The first kappa shape index (κ1) is 27.0. The third kappa shape index (κ3) is 5.80. The van der Waals surface area contributed by atoms with Crippen LogP contribution in [0.1, 0.15) is 69.1 Å². The minimum Gasteiger partial charge on any atom is -0.462 e. The Kier molecular flexibility index (Phi) is 9.74. The van der Waals surface area contributed by atoms with Crippen LogP contribution in [0.15, 0.2) is 10.1 Å². The number of H-pyrrole nitrogens is 2. The smallest absolute Gasteiger partial charge is 0.342 e. The van der Waals surface area contributed by atoms with Gasteiger partial charge in [-0.15, -0.1) is 0 Å². The van der Waals surface area contributed by atoms with Crippen molar-refractivity contribution < 1.29 is 38.1 Å². The summed E-state index contributed by atoms with van der Waals surface area (Å²) in [5, 5.41) is 0.342. The number of rotatable bonds is 11. The fourth-order valence-electron chi connectivity index (χ4n) is 2.83. The number of esters is 4. The van der Waals surface area contributed by atoms with Crippen LogP contribution in [0, 0.1) is 0 Å². The van der Waals surface area contributed by atoms with Gasteiger partial charge in [0.25, 0.3) is 0 Å². The van der Waals surface area contributed by atoms with Gasteiger partial charge in [0.1, 0.15) is 43.9 Å². The van der Waals surface area contributed by atoms with Crippen LogP contribution in [-0.4, -0.2) is 60.3 Å². The van der Waals surface area contributed by atoms with E-state index in [2.05, 4.69) is 9.97 Å². The number of carbonyl (C=O) groups excluding carboxylic acids is 4. The zero-order chi connectivity index (χ0) is 25.4. The van der Waals surface area contributed by atoms with E-state index in [1.54, 1.807) is 27.7 Å². The predicted molar refractivity (Wildman–Crippen MR) is 126 cm³/mol. The first-order valence-electron chi connectivity index (χ1n) is 10.3. The lowest BCUT2D eigenvalue weighted by Gasteiger charge is -2.08. The van der Waals surface area contributed by atoms with Crippen molar-refractivity contribution >= 4 is 57.1 Å². The number of nitrogen functional groups attached to an aromatic ring is 2.